The van der Waals surface area contributed by atoms with Crippen LogP contribution in [0.3, 0.4) is 0 Å². The summed E-state index contributed by atoms with van der Waals surface area (Å²) in [6.45, 7) is 14.6. The number of hydrogen-bond donors (Lipinski definition) is 3. The van der Waals surface area contributed by atoms with Crippen molar-refractivity contribution < 1.29 is 38.2 Å². The Morgan fingerprint density at radius 3 is 2.07 bits per heavy atom. The van der Waals surface area contributed by atoms with Crippen molar-refractivity contribution in [3.8, 4) is 0 Å². The number of rotatable bonds is 23. The first-order valence-electron chi connectivity index (χ1n) is 21.8. The number of esters is 1. The van der Waals surface area contributed by atoms with E-state index in [0.29, 0.717) is 31.6 Å². The number of ether oxygens (including phenoxy) is 3. The van der Waals surface area contributed by atoms with E-state index in [-0.39, 0.29) is 54.2 Å². The van der Waals surface area contributed by atoms with Gasteiger partial charge in [-0.25, -0.2) is 4.79 Å². The van der Waals surface area contributed by atoms with Crippen molar-refractivity contribution in [3.63, 3.8) is 0 Å². The standard InChI is InChI=1S/C47H74N6O8/c1-13-31(6)42(52(9)46(57)40(29(2)3)50-45(56)41(30(4)5)51(8)28-34-21-17-22-35(48)25-34)38(59-10)27-39(54)53-24-18-23-37(53)43(60-11)32(7)44(55)49-36(47(58)61-12)26-33-19-15-14-16-20-33/h14-17,19-22,25,29-32,36-38,40-43H,13,18,23-24,26-28,48H2,1-12H3,(H,49,55)(H,50,56)/t31-,32+,36-,37-,38+,40-,41?,42?,43+/m0/s1. The molecule has 1 saturated heterocycles. The highest BCUT2D eigenvalue weighted by Gasteiger charge is 2.43. The van der Waals surface area contributed by atoms with Crippen molar-refractivity contribution in [2.45, 2.75) is 130 Å². The van der Waals surface area contributed by atoms with Gasteiger partial charge in [0.05, 0.1) is 49.8 Å². The summed E-state index contributed by atoms with van der Waals surface area (Å²) in [5, 5.41) is 5.97. The molecule has 4 N–H and O–H groups in total. The van der Waals surface area contributed by atoms with Gasteiger partial charge in [0.15, 0.2) is 0 Å². The third kappa shape index (κ3) is 13.7. The lowest BCUT2D eigenvalue weighted by Gasteiger charge is -2.41. The maximum absolute atomic E-state index is 14.5. The fourth-order valence-corrected chi connectivity index (χ4v) is 8.86. The average molecular weight is 851 g/mol. The van der Waals surface area contributed by atoms with Crippen LogP contribution in [0.5, 0.6) is 0 Å². The second-order valence-electron chi connectivity index (χ2n) is 17.4. The fraction of sp³-hybridized carbons (Fsp3) is 0.638. The summed E-state index contributed by atoms with van der Waals surface area (Å²) >= 11 is 0. The molecule has 2 aromatic carbocycles. The van der Waals surface area contributed by atoms with Crippen molar-refractivity contribution in [1.82, 2.24) is 25.3 Å². The van der Waals surface area contributed by atoms with Crippen LogP contribution in [0.15, 0.2) is 54.6 Å². The van der Waals surface area contributed by atoms with E-state index in [4.69, 9.17) is 19.9 Å². The van der Waals surface area contributed by atoms with Crippen LogP contribution >= 0.6 is 0 Å². The number of carbonyl (C=O) groups excluding carboxylic acids is 5. The van der Waals surface area contributed by atoms with Gasteiger partial charge in [0, 0.05) is 46.5 Å². The molecule has 9 atom stereocenters. The zero-order chi connectivity index (χ0) is 45.6. The van der Waals surface area contributed by atoms with Crippen LogP contribution in [-0.2, 0) is 51.1 Å². The Kier molecular flexibility index (Phi) is 20.2. The van der Waals surface area contributed by atoms with E-state index in [1.807, 2.05) is 108 Å². The van der Waals surface area contributed by atoms with E-state index in [9.17, 15) is 24.0 Å². The Morgan fingerprint density at radius 1 is 0.852 bits per heavy atom. The third-order valence-corrected chi connectivity index (χ3v) is 12.3. The molecular formula is C47H74N6O8. The summed E-state index contributed by atoms with van der Waals surface area (Å²) in [6, 6.07) is 13.8. The number of carbonyl (C=O) groups is 5. The van der Waals surface area contributed by atoms with Gasteiger partial charge in [-0.2, -0.15) is 0 Å². The monoisotopic (exact) mass is 851 g/mol. The molecular weight excluding hydrogens is 777 g/mol. The number of nitrogens with zero attached hydrogens (tertiary/aromatic N) is 3. The van der Waals surface area contributed by atoms with Crippen molar-refractivity contribution in [2.75, 3.05) is 47.7 Å². The molecule has 61 heavy (non-hydrogen) atoms. The topological polar surface area (TPSA) is 173 Å². The molecule has 1 heterocycles. The van der Waals surface area contributed by atoms with Crippen molar-refractivity contribution in [2.24, 2.45) is 23.7 Å². The van der Waals surface area contributed by atoms with Gasteiger partial charge in [-0.15, -0.1) is 0 Å². The molecule has 1 aliphatic rings. The lowest BCUT2D eigenvalue weighted by molar-refractivity contribution is -0.149. The molecule has 2 aromatic rings. The molecule has 14 heteroatoms. The first kappa shape index (κ1) is 50.8. The van der Waals surface area contributed by atoms with Crippen LogP contribution in [0.1, 0.15) is 85.3 Å². The molecule has 0 radical (unpaired) electrons. The third-order valence-electron chi connectivity index (χ3n) is 12.3. The Morgan fingerprint density at radius 2 is 1.51 bits per heavy atom. The van der Waals surface area contributed by atoms with E-state index in [1.165, 1.54) is 14.2 Å². The summed E-state index contributed by atoms with van der Waals surface area (Å²) in [5.74, 6) is -2.68. The maximum atomic E-state index is 14.5. The number of likely N-dealkylation sites (tertiary alicyclic amines) is 1. The molecule has 0 spiro atoms. The van der Waals surface area contributed by atoms with Gasteiger partial charge in [-0.05, 0) is 60.9 Å². The Labute approximate surface area is 364 Å². The Bertz CT molecular complexity index is 1730. The van der Waals surface area contributed by atoms with Gasteiger partial charge in [0.25, 0.3) is 0 Å². The van der Waals surface area contributed by atoms with Crippen LogP contribution < -0.4 is 16.4 Å². The maximum Gasteiger partial charge on any atom is 0.328 e. The highest BCUT2D eigenvalue weighted by molar-refractivity contribution is 5.90. The highest BCUT2D eigenvalue weighted by atomic mass is 16.5. The quantitative estimate of drug-likeness (QED) is 0.105. The molecule has 4 amide bonds. The van der Waals surface area contributed by atoms with Crippen molar-refractivity contribution >= 4 is 35.3 Å². The predicted molar refractivity (Wildman–Crippen MR) is 238 cm³/mol. The minimum atomic E-state index is -0.901. The van der Waals surface area contributed by atoms with Gasteiger partial charge in [0.2, 0.25) is 23.6 Å². The SMILES string of the molecule is CC[C@H](C)C([C@@H](CC(=O)N1CCC[C@H]1[C@H](OC)[C@@H](C)C(=O)N[C@@H](Cc1ccccc1)C(=O)OC)OC)N(C)C(=O)[C@@H](NC(=O)C(C(C)C)N(C)Cc1cccc(N)c1)C(C)C. The molecule has 0 aliphatic carbocycles. The lowest BCUT2D eigenvalue weighted by atomic mass is 9.89. The van der Waals surface area contributed by atoms with Gasteiger partial charge in [-0.3, -0.25) is 24.1 Å². The van der Waals surface area contributed by atoms with Crippen LogP contribution in [0.25, 0.3) is 0 Å². The van der Waals surface area contributed by atoms with Gasteiger partial charge < -0.3 is 40.4 Å². The summed E-state index contributed by atoms with van der Waals surface area (Å²) in [7, 11) is 7.99. The fourth-order valence-electron chi connectivity index (χ4n) is 8.86. The van der Waals surface area contributed by atoms with E-state index in [1.54, 1.807) is 30.9 Å². The second-order valence-corrected chi connectivity index (χ2v) is 17.4. The van der Waals surface area contributed by atoms with E-state index < -0.39 is 54.3 Å². The number of nitrogens with one attached hydrogen (secondary N) is 2. The van der Waals surface area contributed by atoms with Crippen LogP contribution in [0, 0.1) is 23.7 Å². The number of hydrogen-bond acceptors (Lipinski definition) is 10. The zero-order valence-corrected chi connectivity index (χ0v) is 38.7. The number of benzene rings is 2. The smallest absolute Gasteiger partial charge is 0.328 e. The molecule has 1 aliphatic heterocycles. The average Bonchev–Trinajstić information content (AvgIpc) is 3.71. The van der Waals surface area contributed by atoms with Crippen LogP contribution in [0.2, 0.25) is 0 Å². The van der Waals surface area contributed by atoms with Crippen LogP contribution in [-0.4, -0.2) is 129 Å². The first-order valence-corrected chi connectivity index (χ1v) is 21.8. The van der Waals surface area contributed by atoms with E-state index >= 15 is 0 Å². The first-order chi connectivity index (χ1) is 28.9. The second kappa shape index (κ2) is 24.2. The molecule has 3 rings (SSSR count). The minimum absolute atomic E-state index is 0.0128. The number of amides is 4. The number of nitrogens with two attached hydrogens (primary N) is 1. The molecule has 340 valence electrons. The van der Waals surface area contributed by atoms with Crippen molar-refractivity contribution in [1.29, 1.82) is 0 Å². The number of nitrogen functional groups attached to an aromatic ring is 1. The number of methoxy groups -OCH3 is 3. The largest absolute Gasteiger partial charge is 0.467 e. The molecule has 2 unspecified atom stereocenters. The summed E-state index contributed by atoms with van der Waals surface area (Å²) in [5.41, 5.74) is 8.53. The van der Waals surface area contributed by atoms with E-state index in [0.717, 1.165) is 17.5 Å². The normalized spacial score (nSPS) is 18.1. The number of anilines is 1. The zero-order valence-electron chi connectivity index (χ0n) is 38.7. The van der Waals surface area contributed by atoms with Gasteiger partial charge >= 0.3 is 5.97 Å². The summed E-state index contributed by atoms with van der Waals surface area (Å²) in [4.78, 5) is 74.8. The Balaban J connectivity index is 1.79. The number of likely N-dealkylation sites (N-methyl/N-ethyl adjacent to an activating group) is 2. The Hall–Kier alpha value is -4.53. The van der Waals surface area contributed by atoms with Gasteiger partial charge in [0.1, 0.15) is 12.1 Å². The molecule has 0 aromatic heterocycles. The molecule has 0 saturated carbocycles. The minimum Gasteiger partial charge on any atom is -0.467 e. The molecule has 14 nitrogen and oxygen atoms in total. The van der Waals surface area contributed by atoms with Crippen LogP contribution in [0.4, 0.5) is 5.69 Å². The predicted octanol–water partition coefficient (Wildman–Crippen LogP) is 4.69. The molecule has 0 bridgehead atoms. The summed E-state index contributed by atoms with van der Waals surface area (Å²) in [6.07, 6.45) is 0.966. The van der Waals surface area contributed by atoms with Crippen molar-refractivity contribution in [3.05, 3.63) is 65.7 Å². The molecule has 1 fully saturated rings. The van der Waals surface area contributed by atoms with Gasteiger partial charge in [-0.1, -0.05) is 97.4 Å². The van der Waals surface area contributed by atoms with E-state index in [2.05, 4.69) is 10.6 Å². The summed E-state index contributed by atoms with van der Waals surface area (Å²) < 4.78 is 17.0. The highest BCUT2D eigenvalue weighted by Crippen LogP contribution is 2.30. The lowest BCUT2D eigenvalue weighted by Crippen LogP contribution is -2.60.